The van der Waals surface area contributed by atoms with Gasteiger partial charge in [0.15, 0.2) is 0 Å². The van der Waals surface area contributed by atoms with Crippen molar-refractivity contribution in [1.29, 1.82) is 5.26 Å². The van der Waals surface area contributed by atoms with E-state index in [2.05, 4.69) is 100 Å². The van der Waals surface area contributed by atoms with Crippen molar-refractivity contribution >= 4 is 27.5 Å². The summed E-state index contributed by atoms with van der Waals surface area (Å²) in [7, 11) is 0. The van der Waals surface area contributed by atoms with Gasteiger partial charge < -0.3 is 4.57 Å². The Morgan fingerprint density at radius 1 is 0.632 bits per heavy atom. The third kappa shape index (κ3) is 3.49. The van der Waals surface area contributed by atoms with E-state index in [0.29, 0.717) is 16.9 Å². The summed E-state index contributed by atoms with van der Waals surface area (Å²) in [6, 6.07) is 36.1. The Hall–Kier alpha value is -5.12. The number of rotatable bonds is 3. The summed E-state index contributed by atoms with van der Waals surface area (Å²) in [5, 5.41) is 12.5. The predicted molar refractivity (Wildman–Crippen MR) is 157 cm³/mol. The van der Waals surface area contributed by atoms with Crippen LogP contribution in [0.1, 0.15) is 22.3 Å². The molecule has 0 amide bonds. The minimum absolute atomic E-state index is 0.530. The number of hydrogen-bond donors (Lipinski definition) is 0. The molecule has 0 N–H and O–H groups in total. The molecule has 0 saturated carbocycles. The van der Waals surface area contributed by atoms with E-state index < -0.39 is 0 Å². The second kappa shape index (κ2) is 9.07. The molecule has 0 aliphatic rings. The minimum atomic E-state index is 0.530. The van der Waals surface area contributed by atoms with Gasteiger partial charge in [0.1, 0.15) is 6.07 Å². The van der Waals surface area contributed by atoms with E-state index in [1.165, 1.54) is 0 Å². The fourth-order valence-corrected chi connectivity index (χ4v) is 5.50. The van der Waals surface area contributed by atoms with E-state index in [9.17, 15) is 5.26 Å². The zero-order valence-corrected chi connectivity index (χ0v) is 21.6. The van der Waals surface area contributed by atoms with Crippen molar-refractivity contribution < 1.29 is 0 Å². The molecule has 6 aromatic rings. The van der Waals surface area contributed by atoms with Crippen molar-refractivity contribution in [3.05, 3.63) is 131 Å². The van der Waals surface area contributed by atoms with Crippen LogP contribution in [0.3, 0.4) is 0 Å². The van der Waals surface area contributed by atoms with Gasteiger partial charge in [-0.15, -0.1) is 0 Å². The van der Waals surface area contributed by atoms with Crippen molar-refractivity contribution in [2.45, 2.75) is 20.8 Å². The van der Waals surface area contributed by atoms with Gasteiger partial charge in [0.05, 0.1) is 28.9 Å². The second-order valence-electron chi connectivity index (χ2n) is 9.70. The number of hydrogen-bond acceptors (Lipinski definition) is 1. The van der Waals surface area contributed by atoms with Crippen LogP contribution >= 0.6 is 0 Å². The molecule has 3 nitrogen and oxygen atoms in total. The molecule has 5 aromatic carbocycles. The largest absolute Gasteiger partial charge is 0.318 e. The Bertz CT molecular complexity index is 1810. The average Bonchev–Trinajstić information content (AvgIpc) is 3.29. The molecule has 0 saturated heterocycles. The molecule has 0 radical (unpaired) electrons. The lowest BCUT2D eigenvalue weighted by molar-refractivity contribution is 1.13. The Morgan fingerprint density at radius 3 is 1.58 bits per heavy atom. The van der Waals surface area contributed by atoms with Gasteiger partial charge in [-0.1, -0.05) is 78.4 Å². The second-order valence-corrected chi connectivity index (χ2v) is 9.70. The first-order valence-electron chi connectivity index (χ1n) is 12.6. The lowest BCUT2D eigenvalue weighted by atomic mass is 9.95. The van der Waals surface area contributed by atoms with Gasteiger partial charge in [-0.05, 0) is 78.4 Å². The van der Waals surface area contributed by atoms with Crippen LogP contribution in [0.5, 0.6) is 0 Å². The van der Waals surface area contributed by atoms with Crippen LogP contribution in [0.25, 0.3) is 54.6 Å². The van der Waals surface area contributed by atoms with Gasteiger partial charge in [-0.2, -0.15) is 5.26 Å². The summed E-state index contributed by atoms with van der Waals surface area (Å²) in [6.07, 6.45) is 0. The molecule has 1 aromatic heterocycles. The van der Waals surface area contributed by atoms with Gasteiger partial charge >= 0.3 is 0 Å². The zero-order chi connectivity index (χ0) is 26.4. The predicted octanol–water partition coefficient (Wildman–Crippen LogP) is 9.47. The summed E-state index contributed by atoms with van der Waals surface area (Å²) < 4.78 is 2.12. The highest BCUT2D eigenvalue weighted by Gasteiger charge is 2.23. The van der Waals surface area contributed by atoms with Crippen LogP contribution in [0.4, 0.5) is 5.69 Å². The van der Waals surface area contributed by atoms with E-state index >= 15 is 0 Å². The third-order valence-electron chi connectivity index (χ3n) is 7.74. The third-order valence-corrected chi connectivity index (χ3v) is 7.74. The number of nitrogens with zero attached hydrogens (tertiary/aromatic N) is 3. The maximum absolute atomic E-state index is 10.3. The quantitative estimate of drug-likeness (QED) is 0.229. The molecule has 0 unspecified atom stereocenters. The summed E-state index contributed by atoms with van der Waals surface area (Å²) in [6.45, 7) is 14.0. The van der Waals surface area contributed by atoms with Gasteiger partial charge in [-0.3, -0.25) is 0 Å². The summed E-state index contributed by atoms with van der Waals surface area (Å²) in [5.74, 6) is 0. The van der Waals surface area contributed by atoms with Crippen molar-refractivity contribution in [3.63, 3.8) is 0 Å². The van der Waals surface area contributed by atoms with Crippen LogP contribution in [-0.4, -0.2) is 4.57 Å². The molecule has 0 aliphatic carbocycles. The first-order chi connectivity index (χ1) is 18.5. The number of nitriles is 1. The molecule has 0 atom stereocenters. The van der Waals surface area contributed by atoms with E-state index in [1.54, 1.807) is 0 Å². The SMILES string of the molecule is [C-]#[N+]c1c(C)c(C)c(C)c(C#N)c1-n1c2ccc(-c3ccccc3)cc2c2cc(-c3ccccc3)ccc21. The molecule has 1 heterocycles. The maximum atomic E-state index is 10.3. The summed E-state index contributed by atoms with van der Waals surface area (Å²) in [4.78, 5) is 3.96. The first-order valence-corrected chi connectivity index (χ1v) is 12.6. The normalized spacial score (nSPS) is 11.0. The molecule has 0 aliphatic heterocycles. The van der Waals surface area contributed by atoms with Gasteiger partial charge in [0.2, 0.25) is 5.69 Å². The van der Waals surface area contributed by atoms with E-state index in [0.717, 1.165) is 60.8 Å². The molecule has 38 heavy (non-hydrogen) atoms. The molecule has 180 valence electrons. The molecular weight excluding hydrogens is 462 g/mol. The standard InChI is InChI=1S/C35H25N3/c1-22-23(2)31(21-36)35(34(37-4)24(22)3)38-32-17-15-27(25-11-7-5-8-12-25)19-29(32)30-20-28(16-18-33(30)38)26-13-9-6-10-14-26/h5-20H,1-3H3. The fraction of sp³-hybridized carbons (Fsp3) is 0.0857. The number of aromatic nitrogens is 1. The molecule has 6 rings (SSSR count). The van der Waals surface area contributed by atoms with Crippen molar-refractivity contribution in [2.75, 3.05) is 0 Å². The van der Waals surface area contributed by atoms with Crippen LogP contribution in [0.15, 0.2) is 97.1 Å². The van der Waals surface area contributed by atoms with E-state index in [-0.39, 0.29) is 0 Å². The fourth-order valence-electron chi connectivity index (χ4n) is 5.50. The first kappa shape index (κ1) is 23.3. The number of benzene rings is 5. The van der Waals surface area contributed by atoms with Crippen molar-refractivity contribution in [1.82, 2.24) is 4.57 Å². The minimum Gasteiger partial charge on any atom is -0.318 e. The van der Waals surface area contributed by atoms with Crippen molar-refractivity contribution in [3.8, 4) is 34.0 Å². The topological polar surface area (TPSA) is 33.1 Å². The maximum Gasteiger partial charge on any atom is 0.215 e. The lowest BCUT2D eigenvalue weighted by Gasteiger charge is -2.18. The molecule has 0 fully saturated rings. The molecule has 0 spiro atoms. The van der Waals surface area contributed by atoms with Crippen LogP contribution in [-0.2, 0) is 0 Å². The van der Waals surface area contributed by atoms with Gasteiger partial charge in [0.25, 0.3) is 0 Å². The molecular formula is C35H25N3. The van der Waals surface area contributed by atoms with E-state index in [1.807, 2.05) is 32.9 Å². The monoisotopic (exact) mass is 487 g/mol. The Labute approximate surface area is 222 Å². The summed E-state index contributed by atoms with van der Waals surface area (Å²) in [5.41, 5.74) is 11.1. The van der Waals surface area contributed by atoms with Crippen LogP contribution in [0.2, 0.25) is 0 Å². The van der Waals surface area contributed by atoms with Crippen LogP contribution < -0.4 is 0 Å². The Kier molecular flexibility index (Phi) is 5.56. The highest BCUT2D eigenvalue weighted by atomic mass is 15.0. The van der Waals surface area contributed by atoms with Gasteiger partial charge in [-0.25, -0.2) is 4.85 Å². The zero-order valence-electron chi connectivity index (χ0n) is 21.6. The number of fused-ring (bicyclic) bond motifs is 3. The highest BCUT2D eigenvalue weighted by Crippen LogP contribution is 2.43. The smallest absolute Gasteiger partial charge is 0.215 e. The molecule has 0 bridgehead atoms. The average molecular weight is 488 g/mol. The van der Waals surface area contributed by atoms with E-state index in [4.69, 9.17) is 6.57 Å². The van der Waals surface area contributed by atoms with Crippen LogP contribution in [0, 0.1) is 38.7 Å². The Balaban J connectivity index is 1.77. The summed E-state index contributed by atoms with van der Waals surface area (Å²) >= 11 is 0. The Morgan fingerprint density at radius 2 is 1.13 bits per heavy atom. The highest BCUT2D eigenvalue weighted by molar-refractivity contribution is 6.12. The van der Waals surface area contributed by atoms with Crippen molar-refractivity contribution in [2.24, 2.45) is 0 Å². The van der Waals surface area contributed by atoms with Gasteiger partial charge in [0, 0.05) is 10.8 Å². The lowest BCUT2D eigenvalue weighted by Crippen LogP contribution is -2.04. The molecule has 3 heteroatoms.